The van der Waals surface area contributed by atoms with E-state index in [-0.39, 0.29) is 30.3 Å². The van der Waals surface area contributed by atoms with Crippen LogP contribution in [0.25, 0.3) is 0 Å². The molecule has 110 valence electrons. The number of nitrogens with one attached hydrogen (secondary N) is 1. The van der Waals surface area contributed by atoms with E-state index < -0.39 is 0 Å². The van der Waals surface area contributed by atoms with E-state index in [2.05, 4.69) is 15.5 Å². The zero-order valence-corrected chi connectivity index (χ0v) is 11.4. The predicted octanol–water partition coefficient (Wildman–Crippen LogP) is 0.339. The second-order valence-corrected chi connectivity index (χ2v) is 5.55. The van der Waals surface area contributed by atoms with Crippen LogP contribution in [0.5, 0.6) is 0 Å². The van der Waals surface area contributed by atoms with Gasteiger partial charge in [0.2, 0.25) is 5.89 Å². The molecule has 20 heavy (non-hydrogen) atoms. The summed E-state index contributed by atoms with van der Waals surface area (Å²) in [5.74, 6) is 0.598. The van der Waals surface area contributed by atoms with E-state index >= 15 is 0 Å². The number of rotatable bonds is 3. The van der Waals surface area contributed by atoms with E-state index in [1.807, 2.05) is 0 Å². The van der Waals surface area contributed by atoms with Gasteiger partial charge in [0.15, 0.2) is 0 Å². The molecule has 0 saturated carbocycles. The maximum absolute atomic E-state index is 12.3. The van der Waals surface area contributed by atoms with Crippen LogP contribution in [0.1, 0.15) is 48.2 Å². The Morgan fingerprint density at radius 2 is 2.35 bits per heavy atom. The normalized spacial score (nSPS) is 26.9. The molecular weight excluding hydrogens is 260 g/mol. The van der Waals surface area contributed by atoms with Crippen molar-refractivity contribution in [3.8, 4) is 0 Å². The van der Waals surface area contributed by atoms with Crippen LogP contribution >= 0.6 is 0 Å². The molecule has 2 fully saturated rings. The maximum Gasteiger partial charge on any atom is 0.295 e. The minimum Gasteiger partial charge on any atom is -0.396 e. The number of amides is 1. The van der Waals surface area contributed by atoms with Crippen LogP contribution in [0.4, 0.5) is 0 Å². The largest absolute Gasteiger partial charge is 0.396 e. The van der Waals surface area contributed by atoms with Gasteiger partial charge in [0.05, 0.1) is 6.04 Å². The molecule has 2 N–H and O–H groups in total. The van der Waals surface area contributed by atoms with E-state index in [9.17, 15) is 9.90 Å². The SMILES string of the molecule is O=C(c1noc(C2CCCN2)n1)N1CCCC(CO)C1. The second kappa shape index (κ2) is 5.88. The number of aliphatic hydroxyl groups excluding tert-OH is 1. The first-order valence-corrected chi connectivity index (χ1v) is 7.25. The minimum atomic E-state index is -0.198. The Labute approximate surface area is 117 Å². The van der Waals surface area contributed by atoms with Crippen LogP contribution in [-0.4, -0.2) is 52.3 Å². The summed E-state index contributed by atoms with van der Waals surface area (Å²) in [4.78, 5) is 18.3. The van der Waals surface area contributed by atoms with E-state index in [0.29, 0.717) is 19.0 Å². The number of aromatic nitrogens is 2. The van der Waals surface area contributed by atoms with Gasteiger partial charge in [-0.25, -0.2) is 0 Å². The van der Waals surface area contributed by atoms with Crippen molar-refractivity contribution in [3.05, 3.63) is 11.7 Å². The Morgan fingerprint density at radius 1 is 1.45 bits per heavy atom. The molecule has 0 spiro atoms. The highest BCUT2D eigenvalue weighted by atomic mass is 16.5. The van der Waals surface area contributed by atoms with Crippen molar-refractivity contribution >= 4 is 5.91 Å². The van der Waals surface area contributed by atoms with Crippen molar-refractivity contribution < 1.29 is 14.4 Å². The zero-order valence-electron chi connectivity index (χ0n) is 11.4. The van der Waals surface area contributed by atoms with Crippen LogP contribution in [0.15, 0.2) is 4.52 Å². The van der Waals surface area contributed by atoms with Crippen molar-refractivity contribution in [1.29, 1.82) is 0 Å². The van der Waals surface area contributed by atoms with Crippen LogP contribution in [0.2, 0.25) is 0 Å². The third kappa shape index (κ3) is 2.69. The average Bonchev–Trinajstić information content (AvgIpc) is 3.17. The Morgan fingerprint density at radius 3 is 3.10 bits per heavy atom. The average molecular weight is 280 g/mol. The molecule has 1 aromatic heterocycles. The third-order valence-corrected chi connectivity index (χ3v) is 4.06. The van der Waals surface area contributed by atoms with Crippen LogP contribution in [0.3, 0.4) is 0 Å². The van der Waals surface area contributed by atoms with Gasteiger partial charge in [0, 0.05) is 19.7 Å². The second-order valence-electron chi connectivity index (χ2n) is 5.55. The number of carbonyl (C=O) groups is 1. The number of carbonyl (C=O) groups excluding carboxylic acids is 1. The Balaban J connectivity index is 1.67. The predicted molar refractivity (Wildman–Crippen MR) is 70.0 cm³/mol. The van der Waals surface area contributed by atoms with Gasteiger partial charge in [-0.05, 0) is 38.1 Å². The Hall–Kier alpha value is -1.47. The molecule has 0 radical (unpaired) electrons. The van der Waals surface area contributed by atoms with Crippen LogP contribution < -0.4 is 5.32 Å². The van der Waals surface area contributed by atoms with E-state index in [4.69, 9.17) is 4.52 Å². The summed E-state index contributed by atoms with van der Waals surface area (Å²) < 4.78 is 5.19. The topological polar surface area (TPSA) is 91.5 Å². The first-order valence-electron chi connectivity index (χ1n) is 7.25. The molecule has 2 saturated heterocycles. The number of hydrogen-bond acceptors (Lipinski definition) is 6. The lowest BCUT2D eigenvalue weighted by Gasteiger charge is -2.30. The molecule has 1 aromatic rings. The molecule has 2 aliphatic rings. The monoisotopic (exact) mass is 280 g/mol. The van der Waals surface area contributed by atoms with Crippen molar-refractivity contribution in [1.82, 2.24) is 20.4 Å². The van der Waals surface area contributed by atoms with E-state index in [1.54, 1.807) is 4.90 Å². The van der Waals surface area contributed by atoms with Crippen LogP contribution in [-0.2, 0) is 0 Å². The summed E-state index contributed by atoms with van der Waals surface area (Å²) in [6, 6.07) is 0.0793. The van der Waals surface area contributed by atoms with Gasteiger partial charge in [-0.3, -0.25) is 4.79 Å². The summed E-state index contributed by atoms with van der Waals surface area (Å²) in [5, 5.41) is 16.3. The summed E-state index contributed by atoms with van der Waals surface area (Å²) in [5.41, 5.74) is 0. The van der Waals surface area contributed by atoms with Gasteiger partial charge in [-0.2, -0.15) is 4.98 Å². The van der Waals surface area contributed by atoms with Gasteiger partial charge in [-0.1, -0.05) is 5.16 Å². The van der Waals surface area contributed by atoms with E-state index in [1.165, 1.54) is 0 Å². The van der Waals surface area contributed by atoms with Crippen LogP contribution in [0, 0.1) is 5.92 Å². The number of likely N-dealkylation sites (tertiary alicyclic amines) is 1. The molecule has 7 nitrogen and oxygen atoms in total. The molecule has 2 unspecified atom stereocenters. The fourth-order valence-corrected chi connectivity index (χ4v) is 2.90. The third-order valence-electron chi connectivity index (χ3n) is 4.06. The molecule has 0 bridgehead atoms. The van der Waals surface area contributed by atoms with Gasteiger partial charge in [0.1, 0.15) is 0 Å². The first-order chi connectivity index (χ1) is 9.78. The lowest BCUT2D eigenvalue weighted by Crippen LogP contribution is -2.41. The molecule has 3 rings (SSSR count). The molecule has 0 aliphatic carbocycles. The molecule has 7 heteroatoms. The van der Waals surface area contributed by atoms with Crippen molar-refractivity contribution in [2.75, 3.05) is 26.2 Å². The van der Waals surface area contributed by atoms with Gasteiger partial charge in [-0.15, -0.1) is 0 Å². The van der Waals surface area contributed by atoms with Crippen molar-refractivity contribution in [3.63, 3.8) is 0 Å². The quantitative estimate of drug-likeness (QED) is 0.829. The number of nitrogens with zero attached hydrogens (tertiary/aromatic N) is 3. The standard InChI is InChI=1S/C13H20N4O3/c18-8-9-3-2-6-17(7-9)13(19)11-15-12(20-16-11)10-4-1-5-14-10/h9-10,14,18H,1-8H2. The number of hydrogen-bond donors (Lipinski definition) is 2. The summed E-state index contributed by atoms with van der Waals surface area (Å²) in [7, 11) is 0. The number of piperidine rings is 1. The number of aliphatic hydroxyl groups is 1. The van der Waals surface area contributed by atoms with Gasteiger partial charge < -0.3 is 19.8 Å². The van der Waals surface area contributed by atoms with Gasteiger partial charge in [0.25, 0.3) is 11.7 Å². The fraction of sp³-hybridized carbons (Fsp3) is 0.769. The highest BCUT2D eigenvalue weighted by Crippen LogP contribution is 2.22. The lowest BCUT2D eigenvalue weighted by atomic mass is 9.99. The first kappa shape index (κ1) is 13.5. The molecule has 3 heterocycles. The maximum atomic E-state index is 12.3. The molecule has 2 aliphatic heterocycles. The lowest BCUT2D eigenvalue weighted by molar-refractivity contribution is 0.0605. The van der Waals surface area contributed by atoms with Crippen molar-refractivity contribution in [2.45, 2.75) is 31.7 Å². The molecular formula is C13H20N4O3. The van der Waals surface area contributed by atoms with E-state index in [0.717, 1.165) is 32.2 Å². The fourth-order valence-electron chi connectivity index (χ4n) is 2.90. The highest BCUT2D eigenvalue weighted by molar-refractivity contribution is 5.90. The Bertz CT molecular complexity index is 470. The molecule has 0 aromatic carbocycles. The zero-order chi connectivity index (χ0) is 13.9. The molecule has 2 atom stereocenters. The smallest absolute Gasteiger partial charge is 0.295 e. The molecule has 1 amide bonds. The highest BCUT2D eigenvalue weighted by Gasteiger charge is 2.29. The summed E-state index contributed by atoms with van der Waals surface area (Å²) in [6.07, 6.45) is 3.92. The summed E-state index contributed by atoms with van der Waals surface area (Å²) >= 11 is 0. The minimum absolute atomic E-state index is 0.0793. The Kier molecular flexibility index (Phi) is 3.98. The summed E-state index contributed by atoms with van der Waals surface area (Å²) in [6.45, 7) is 2.33. The van der Waals surface area contributed by atoms with Crippen molar-refractivity contribution in [2.24, 2.45) is 5.92 Å². The van der Waals surface area contributed by atoms with Gasteiger partial charge >= 0.3 is 0 Å².